The Balaban J connectivity index is 2.34. The zero-order valence-electron chi connectivity index (χ0n) is 9.35. The summed E-state index contributed by atoms with van der Waals surface area (Å²) in [6.45, 7) is 0. The van der Waals surface area contributed by atoms with Crippen molar-refractivity contribution in [1.29, 1.82) is 0 Å². The highest BCUT2D eigenvalue weighted by Crippen LogP contribution is 2.28. The van der Waals surface area contributed by atoms with Crippen molar-refractivity contribution in [1.82, 2.24) is 4.98 Å². The molecule has 4 N–H and O–H groups in total. The van der Waals surface area contributed by atoms with Crippen molar-refractivity contribution in [3.05, 3.63) is 45.4 Å². The van der Waals surface area contributed by atoms with Crippen molar-refractivity contribution in [3.8, 4) is 0 Å². The van der Waals surface area contributed by atoms with E-state index in [2.05, 4.69) is 26.2 Å². The van der Waals surface area contributed by atoms with E-state index in [0.717, 1.165) is 0 Å². The summed E-state index contributed by atoms with van der Waals surface area (Å²) in [5, 5.41) is 3.14. The zero-order chi connectivity index (χ0) is 14.0. The second-order valence-electron chi connectivity index (χ2n) is 3.55. The van der Waals surface area contributed by atoms with Crippen LogP contribution >= 0.6 is 27.5 Å². The fourth-order valence-electron chi connectivity index (χ4n) is 1.37. The lowest BCUT2D eigenvalue weighted by Crippen LogP contribution is -2.12. The van der Waals surface area contributed by atoms with Gasteiger partial charge in [-0.3, -0.25) is 0 Å². The molecule has 0 saturated carbocycles. The van der Waals surface area contributed by atoms with Crippen molar-refractivity contribution < 1.29 is 8.78 Å². The minimum absolute atomic E-state index is 0.160. The largest absolute Gasteiger partial charge is 0.338 e. The Labute approximate surface area is 121 Å². The molecule has 1 aromatic heterocycles. The van der Waals surface area contributed by atoms with Gasteiger partial charge in [-0.25, -0.2) is 19.6 Å². The Kier molecular flexibility index (Phi) is 4.18. The normalized spacial score (nSPS) is 10.4. The highest BCUT2D eigenvalue weighted by Gasteiger charge is 2.11. The van der Waals surface area contributed by atoms with E-state index in [1.54, 1.807) is 18.2 Å². The third-order valence-corrected chi connectivity index (χ3v) is 3.48. The molecule has 1 aromatic carbocycles. The maximum absolute atomic E-state index is 13.6. The van der Waals surface area contributed by atoms with Gasteiger partial charge >= 0.3 is 0 Å². The van der Waals surface area contributed by atoms with Gasteiger partial charge in [-0.05, 0) is 34.1 Å². The number of pyridine rings is 1. The fourth-order valence-corrected chi connectivity index (χ4v) is 1.79. The van der Waals surface area contributed by atoms with Gasteiger partial charge in [0.2, 0.25) is 0 Å². The summed E-state index contributed by atoms with van der Waals surface area (Å²) >= 11 is 9.15. The summed E-state index contributed by atoms with van der Waals surface area (Å²) in [7, 11) is 0. The van der Waals surface area contributed by atoms with Crippen molar-refractivity contribution in [2.45, 2.75) is 0 Å². The lowest BCUT2D eigenvalue weighted by atomic mass is 10.3. The first-order valence-corrected chi connectivity index (χ1v) is 6.23. The maximum Gasteiger partial charge on any atom is 0.178 e. The number of halogens is 4. The summed E-state index contributed by atoms with van der Waals surface area (Å²) < 4.78 is 27.4. The molecule has 0 unspecified atom stereocenters. The minimum atomic E-state index is -0.876. The van der Waals surface area contributed by atoms with Gasteiger partial charge in [0.05, 0.1) is 5.02 Å². The summed E-state index contributed by atoms with van der Waals surface area (Å²) in [5.74, 6) is 2.95. The molecule has 0 fully saturated rings. The number of hydrogen-bond donors (Lipinski definition) is 3. The fraction of sp³-hybridized carbons (Fsp3) is 0. The van der Waals surface area contributed by atoms with Crippen LogP contribution in [0.15, 0.2) is 28.7 Å². The van der Waals surface area contributed by atoms with Gasteiger partial charge in [-0.15, -0.1) is 0 Å². The second kappa shape index (κ2) is 5.68. The number of nitrogens with two attached hydrogens (primary N) is 1. The van der Waals surface area contributed by atoms with Gasteiger partial charge in [0, 0.05) is 16.2 Å². The number of hydrogen-bond acceptors (Lipinski definition) is 4. The van der Waals surface area contributed by atoms with E-state index in [-0.39, 0.29) is 11.6 Å². The van der Waals surface area contributed by atoms with Crippen LogP contribution in [0.3, 0.4) is 0 Å². The van der Waals surface area contributed by atoms with E-state index in [4.69, 9.17) is 17.4 Å². The topological polar surface area (TPSA) is 63.0 Å². The number of nitrogens with zero attached hydrogens (tertiary/aromatic N) is 1. The van der Waals surface area contributed by atoms with Gasteiger partial charge in [0.15, 0.2) is 23.3 Å². The Morgan fingerprint density at radius 1 is 1.16 bits per heavy atom. The molecule has 0 saturated heterocycles. The number of nitrogen functional groups attached to an aromatic ring is 1. The highest BCUT2D eigenvalue weighted by atomic mass is 79.9. The summed E-state index contributed by atoms with van der Waals surface area (Å²) in [6.07, 6.45) is 0. The van der Waals surface area contributed by atoms with E-state index in [0.29, 0.717) is 21.2 Å². The summed E-state index contributed by atoms with van der Waals surface area (Å²) in [4.78, 5) is 3.69. The first-order valence-electron chi connectivity index (χ1n) is 5.06. The van der Waals surface area contributed by atoms with E-state index in [1.165, 1.54) is 0 Å². The standard InChI is InChI=1S/C11H8BrClF2N4/c12-6-2-1-5(3-7(6)13)17-10-8(14)4-9(15)11(18-10)19-16/h1-4H,16H2,(H2,17,18,19). The zero-order valence-corrected chi connectivity index (χ0v) is 11.7. The monoisotopic (exact) mass is 348 g/mol. The van der Waals surface area contributed by atoms with Crippen LogP contribution in [0.25, 0.3) is 0 Å². The van der Waals surface area contributed by atoms with Crippen molar-refractivity contribution in [2.24, 2.45) is 5.84 Å². The second-order valence-corrected chi connectivity index (χ2v) is 4.81. The molecule has 2 aromatic rings. The average Bonchev–Trinajstić information content (AvgIpc) is 2.37. The van der Waals surface area contributed by atoms with E-state index >= 15 is 0 Å². The molecule has 0 spiro atoms. The van der Waals surface area contributed by atoms with E-state index < -0.39 is 11.6 Å². The lowest BCUT2D eigenvalue weighted by molar-refractivity contribution is 0.579. The number of benzene rings is 1. The smallest absolute Gasteiger partial charge is 0.178 e. The van der Waals surface area contributed by atoms with Gasteiger partial charge in [0.1, 0.15) is 0 Å². The number of aromatic nitrogens is 1. The van der Waals surface area contributed by atoms with E-state index in [1.807, 2.05) is 5.43 Å². The highest BCUT2D eigenvalue weighted by molar-refractivity contribution is 9.10. The summed E-state index contributed by atoms with van der Waals surface area (Å²) in [5.41, 5.74) is 2.55. The van der Waals surface area contributed by atoms with Gasteiger partial charge in [-0.2, -0.15) is 0 Å². The first kappa shape index (κ1) is 14.0. The van der Waals surface area contributed by atoms with Gasteiger partial charge in [-0.1, -0.05) is 11.6 Å². The first-order chi connectivity index (χ1) is 9.01. The summed E-state index contributed by atoms with van der Waals surface area (Å²) in [6, 6.07) is 5.61. The predicted octanol–water partition coefficient (Wildman–Crippen LogP) is 3.80. The number of anilines is 3. The molecule has 1 heterocycles. The van der Waals surface area contributed by atoms with Crippen LogP contribution in [0.1, 0.15) is 0 Å². The van der Waals surface area contributed by atoms with Crippen LogP contribution in [-0.2, 0) is 0 Å². The molecule has 2 rings (SSSR count). The minimum Gasteiger partial charge on any atom is -0.338 e. The molecule has 0 aliphatic heterocycles. The van der Waals surface area contributed by atoms with Crippen molar-refractivity contribution >= 4 is 44.9 Å². The van der Waals surface area contributed by atoms with Crippen LogP contribution < -0.4 is 16.6 Å². The third-order valence-electron chi connectivity index (χ3n) is 2.25. The predicted molar refractivity (Wildman–Crippen MR) is 74.4 cm³/mol. The third kappa shape index (κ3) is 3.12. The maximum atomic E-state index is 13.6. The van der Waals surface area contributed by atoms with Crippen LogP contribution in [0.4, 0.5) is 26.1 Å². The molecule has 4 nitrogen and oxygen atoms in total. The molecule has 19 heavy (non-hydrogen) atoms. The molecule has 0 bridgehead atoms. The Bertz CT molecular complexity index is 624. The Morgan fingerprint density at radius 2 is 1.84 bits per heavy atom. The van der Waals surface area contributed by atoms with Crippen LogP contribution in [0.5, 0.6) is 0 Å². The van der Waals surface area contributed by atoms with Crippen LogP contribution in [0.2, 0.25) is 5.02 Å². The molecular weight excluding hydrogens is 342 g/mol. The van der Waals surface area contributed by atoms with Crippen molar-refractivity contribution in [2.75, 3.05) is 10.7 Å². The number of rotatable bonds is 3. The van der Waals surface area contributed by atoms with Gasteiger partial charge < -0.3 is 10.7 Å². The molecule has 8 heteroatoms. The molecule has 100 valence electrons. The van der Waals surface area contributed by atoms with Crippen LogP contribution in [-0.4, -0.2) is 4.98 Å². The molecule has 0 aliphatic rings. The molecular formula is C11H8BrClF2N4. The average molecular weight is 350 g/mol. The van der Waals surface area contributed by atoms with E-state index in [9.17, 15) is 8.78 Å². The molecule has 0 radical (unpaired) electrons. The Morgan fingerprint density at radius 3 is 2.47 bits per heavy atom. The van der Waals surface area contributed by atoms with Crippen LogP contribution in [0, 0.1) is 11.6 Å². The SMILES string of the molecule is NNc1nc(Nc2ccc(Br)c(Cl)c2)c(F)cc1F. The van der Waals surface area contributed by atoms with Crippen molar-refractivity contribution in [3.63, 3.8) is 0 Å². The quantitative estimate of drug-likeness (QED) is 0.582. The molecule has 0 aliphatic carbocycles. The lowest BCUT2D eigenvalue weighted by Gasteiger charge is -2.10. The number of hydrazine groups is 1. The Hall–Kier alpha value is -1.44. The molecule has 0 atom stereocenters. The number of nitrogens with one attached hydrogen (secondary N) is 2. The van der Waals surface area contributed by atoms with Gasteiger partial charge in [0.25, 0.3) is 0 Å². The molecule has 0 amide bonds.